The van der Waals surface area contributed by atoms with Gasteiger partial charge >= 0.3 is 0 Å². The Kier molecular flexibility index (Phi) is 6.59. The van der Waals surface area contributed by atoms with Crippen LogP contribution in [-0.4, -0.2) is 33.2 Å². The number of hydrogen-bond acceptors (Lipinski definition) is 3. The van der Waals surface area contributed by atoms with Crippen LogP contribution in [0.3, 0.4) is 0 Å². The Morgan fingerprint density at radius 2 is 1.87 bits per heavy atom. The van der Waals surface area contributed by atoms with Crippen LogP contribution in [0.25, 0.3) is 11.1 Å². The molecule has 4 nitrogen and oxygen atoms in total. The first-order valence-corrected chi connectivity index (χ1v) is 7.84. The molecule has 122 valence electrons. The van der Waals surface area contributed by atoms with Crippen molar-refractivity contribution in [2.24, 2.45) is 0 Å². The maximum atomic E-state index is 12.2. The molecular formula is C18H21ClN2O2. The fourth-order valence-electron chi connectivity index (χ4n) is 2.32. The molecule has 23 heavy (non-hydrogen) atoms. The zero-order valence-corrected chi connectivity index (χ0v) is 14.1. The molecule has 0 fully saturated rings. The van der Waals surface area contributed by atoms with E-state index in [2.05, 4.69) is 10.6 Å². The molecule has 0 spiro atoms. The first-order chi connectivity index (χ1) is 11.2. The predicted octanol–water partition coefficient (Wildman–Crippen LogP) is 3.10. The minimum Gasteiger partial charge on any atom is -0.380 e. The van der Waals surface area contributed by atoms with Crippen LogP contribution in [-0.2, 0) is 11.3 Å². The number of amides is 1. The molecule has 2 aromatic carbocycles. The summed E-state index contributed by atoms with van der Waals surface area (Å²) in [6.07, 6.45) is 0. The van der Waals surface area contributed by atoms with Crippen molar-refractivity contribution in [3.63, 3.8) is 0 Å². The minimum absolute atomic E-state index is 0.0831. The summed E-state index contributed by atoms with van der Waals surface area (Å²) in [6, 6.07) is 13.3. The fourth-order valence-corrected chi connectivity index (χ4v) is 2.45. The number of hydrogen-bond donors (Lipinski definition) is 2. The van der Waals surface area contributed by atoms with Crippen molar-refractivity contribution in [1.29, 1.82) is 0 Å². The summed E-state index contributed by atoms with van der Waals surface area (Å²) < 4.78 is 5.28. The van der Waals surface area contributed by atoms with Gasteiger partial charge in [-0.05, 0) is 48.0 Å². The summed E-state index contributed by atoms with van der Waals surface area (Å²) in [4.78, 5) is 12.2. The van der Waals surface area contributed by atoms with Crippen LogP contribution in [0.15, 0.2) is 42.5 Å². The molecule has 2 N–H and O–H groups in total. The summed E-state index contributed by atoms with van der Waals surface area (Å²) in [7, 11) is 3.50. The van der Waals surface area contributed by atoms with E-state index in [0.29, 0.717) is 23.7 Å². The Balaban J connectivity index is 2.27. The van der Waals surface area contributed by atoms with Gasteiger partial charge < -0.3 is 15.4 Å². The summed E-state index contributed by atoms with van der Waals surface area (Å²) in [6.45, 7) is 1.77. The smallest absolute Gasteiger partial charge is 0.251 e. The molecule has 0 bridgehead atoms. The van der Waals surface area contributed by atoms with Gasteiger partial charge in [0.25, 0.3) is 5.91 Å². The average Bonchev–Trinajstić information content (AvgIpc) is 2.56. The molecule has 0 heterocycles. The van der Waals surface area contributed by atoms with Crippen molar-refractivity contribution in [3.05, 3.63) is 58.6 Å². The number of halogens is 1. The van der Waals surface area contributed by atoms with Crippen LogP contribution in [0.4, 0.5) is 0 Å². The van der Waals surface area contributed by atoms with Crippen LogP contribution in [0.1, 0.15) is 15.9 Å². The van der Waals surface area contributed by atoms with E-state index in [9.17, 15) is 4.79 Å². The highest BCUT2D eigenvalue weighted by molar-refractivity contribution is 6.30. The van der Waals surface area contributed by atoms with E-state index in [-0.39, 0.29) is 5.91 Å². The first-order valence-electron chi connectivity index (χ1n) is 7.46. The third kappa shape index (κ3) is 4.79. The Labute approximate surface area is 141 Å². The van der Waals surface area contributed by atoms with Crippen molar-refractivity contribution in [1.82, 2.24) is 10.6 Å². The maximum absolute atomic E-state index is 12.2. The number of carbonyl (C=O) groups is 1. The third-order valence-corrected chi connectivity index (χ3v) is 3.74. The molecule has 0 saturated heterocycles. The molecule has 0 aromatic heterocycles. The van der Waals surface area contributed by atoms with E-state index in [1.807, 2.05) is 49.5 Å². The van der Waals surface area contributed by atoms with Gasteiger partial charge in [-0.3, -0.25) is 4.79 Å². The van der Waals surface area contributed by atoms with Crippen molar-refractivity contribution >= 4 is 17.5 Å². The Bertz CT molecular complexity index is 657. The average molecular weight is 333 g/mol. The highest BCUT2D eigenvalue weighted by Crippen LogP contribution is 2.27. The van der Waals surface area contributed by atoms with E-state index >= 15 is 0 Å². The molecule has 1 amide bonds. The molecule has 2 rings (SSSR count). The Morgan fingerprint density at radius 1 is 1.13 bits per heavy atom. The standard InChI is InChI=1S/C18H21ClN2O2/c1-20-9-10-21-18(22)14-5-8-17(15(11-14)12-23-2)13-3-6-16(19)7-4-13/h3-8,11,20H,9-10,12H2,1-2H3,(H,21,22). The Hall–Kier alpha value is -1.88. The molecule has 0 saturated carbocycles. The maximum Gasteiger partial charge on any atom is 0.251 e. The van der Waals surface area contributed by atoms with Crippen LogP contribution < -0.4 is 10.6 Å². The van der Waals surface area contributed by atoms with Gasteiger partial charge in [0, 0.05) is 30.8 Å². The molecule has 0 radical (unpaired) electrons. The van der Waals surface area contributed by atoms with Gasteiger partial charge in [0.05, 0.1) is 6.61 Å². The normalized spacial score (nSPS) is 10.6. The lowest BCUT2D eigenvalue weighted by Gasteiger charge is -2.12. The monoisotopic (exact) mass is 332 g/mol. The molecule has 0 unspecified atom stereocenters. The first kappa shape index (κ1) is 17.5. The number of benzene rings is 2. The van der Waals surface area contributed by atoms with Crippen molar-refractivity contribution in [2.45, 2.75) is 6.61 Å². The predicted molar refractivity (Wildman–Crippen MR) is 93.9 cm³/mol. The molecule has 5 heteroatoms. The number of carbonyl (C=O) groups excluding carboxylic acids is 1. The summed E-state index contributed by atoms with van der Waals surface area (Å²) >= 11 is 5.94. The largest absolute Gasteiger partial charge is 0.380 e. The Morgan fingerprint density at radius 3 is 2.52 bits per heavy atom. The van der Waals surface area contributed by atoms with Crippen LogP contribution in [0, 0.1) is 0 Å². The zero-order chi connectivity index (χ0) is 16.7. The lowest BCUT2D eigenvalue weighted by atomic mass is 9.97. The third-order valence-electron chi connectivity index (χ3n) is 3.48. The molecule has 2 aromatic rings. The fraction of sp³-hybridized carbons (Fsp3) is 0.278. The summed E-state index contributed by atoms with van der Waals surface area (Å²) in [5.74, 6) is -0.0831. The molecule has 0 atom stereocenters. The van der Waals surface area contributed by atoms with Gasteiger partial charge in [-0.2, -0.15) is 0 Å². The van der Waals surface area contributed by atoms with Gasteiger partial charge in [0.2, 0.25) is 0 Å². The van der Waals surface area contributed by atoms with Crippen LogP contribution in [0.2, 0.25) is 5.02 Å². The second-order valence-electron chi connectivity index (χ2n) is 5.17. The number of likely N-dealkylation sites (N-methyl/N-ethyl adjacent to an activating group) is 1. The number of nitrogens with one attached hydrogen (secondary N) is 2. The van der Waals surface area contributed by atoms with E-state index in [1.54, 1.807) is 7.11 Å². The topological polar surface area (TPSA) is 50.4 Å². The van der Waals surface area contributed by atoms with Crippen LogP contribution >= 0.6 is 11.6 Å². The number of methoxy groups -OCH3 is 1. The number of ether oxygens (including phenoxy) is 1. The van der Waals surface area contributed by atoms with Crippen molar-refractivity contribution in [2.75, 3.05) is 27.2 Å². The molecule has 0 aliphatic carbocycles. The van der Waals surface area contributed by atoms with Crippen molar-refractivity contribution < 1.29 is 9.53 Å². The summed E-state index contributed by atoms with van der Waals surface area (Å²) in [5, 5.41) is 6.57. The lowest BCUT2D eigenvalue weighted by Crippen LogP contribution is -2.30. The van der Waals surface area contributed by atoms with E-state index in [4.69, 9.17) is 16.3 Å². The summed E-state index contributed by atoms with van der Waals surface area (Å²) in [5.41, 5.74) is 3.68. The highest BCUT2D eigenvalue weighted by atomic mass is 35.5. The van der Waals surface area contributed by atoms with Gasteiger partial charge in [-0.15, -0.1) is 0 Å². The van der Waals surface area contributed by atoms with Crippen molar-refractivity contribution in [3.8, 4) is 11.1 Å². The second kappa shape index (κ2) is 8.67. The quantitative estimate of drug-likeness (QED) is 0.766. The molecule has 0 aliphatic heterocycles. The van der Waals surface area contributed by atoms with Gasteiger partial charge in [-0.25, -0.2) is 0 Å². The zero-order valence-electron chi connectivity index (χ0n) is 13.4. The molecule has 0 aliphatic rings. The van der Waals surface area contributed by atoms with Gasteiger partial charge in [0.15, 0.2) is 0 Å². The van der Waals surface area contributed by atoms with Crippen LogP contribution in [0.5, 0.6) is 0 Å². The van der Waals surface area contributed by atoms with E-state index in [1.165, 1.54) is 0 Å². The molecular weight excluding hydrogens is 312 g/mol. The van der Waals surface area contributed by atoms with Gasteiger partial charge in [0.1, 0.15) is 0 Å². The SMILES string of the molecule is CNCCNC(=O)c1ccc(-c2ccc(Cl)cc2)c(COC)c1. The van der Waals surface area contributed by atoms with Gasteiger partial charge in [-0.1, -0.05) is 29.8 Å². The van der Waals surface area contributed by atoms with E-state index in [0.717, 1.165) is 23.2 Å². The number of rotatable bonds is 7. The lowest BCUT2D eigenvalue weighted by molar-refractivity contribution is 0.0954. The highest BCUT2D eigenvalue weighted by Gasteiger charge is 2.11. The van der Waals surface area contributed by atoms with E-state index < -0.39 is 0 Å². The second-order valence-corrected chi connectivity index (χ2v) is 5.61. The minimum atomic E-state index is -0.0831.